The first-order valence-corrected chi connectivity index (χ1v) is 12.5. The fourth-order valence-electron chi connectivity index (χ4n) is 2.49. The Labute approximate surface area is 160 Å². The molecular formula is C22H34OTe. The van der Waals surface area contributed by atoms with Crippen molar-refractivity contribution in [2.75, 3.05) is 6.61 Å². The van der Waals surface area contributed by atoms with Crippen molar-refractivity contribution >= 4 is 20.9 Å². The summed E-state index contributed by atoms with van der Waals surface area (Å²) in [5.74, 6) is 3.34. The van der Waals surface area contributed by atoms with Gasteiger partial charge in [-0.3, -0.25) is 0 Å². The van der Waals surface area contributed by atoms with Gasteiger partial charge in [0.05, 0.1) is 0 Å². The molecule has 0 saturated heterocycles. The van der Waals surface area contributed by atoms with Gasteiger partial charge in [-0.15, -0.1) is 0 Å². The summed E-state index contributed by atoms with van der Waals surface area (Å²) >= 11 is -0.0433. The normalized spacial score (nSPS) is 10.4. The van der Waals surface area contributed by atoms with E-state index in [1.165, 1.54) is 61.4 Å². The molecule has 24 heavy (non-hydrogen) atoms. The molecule has 0 spiro atoms. The van der Waals surface area contributed by atoms with E-state index in [0.29, 0.717) is 0 Å². The van der Waals surface area contributed by atoms with Crippen LogP contribution in [0.5, 0.6) is 0 Å². The second-order valence-corrected chi connectivity index (χ2v) is 8.82. The molecule has 1 rings (SSSR count). The standard InChI is InChI=1S/C22H34OTe/c1-2-3-4-5-6-7-8-14-19-24-20-15-10-13-18-23-21-22-16-11-9-12-17-22/h9,11-12,16-17H,2-8,10,13-14,18-19,21H2,1H3. The average Bonchev–Trinajstić information content (AvgIpc) is 2.62. The summed E-state index contributed by atoms with van der Waals surface area (Å²) in [6, 6.07) is 10.4. The van der Waals surface area contributed by atoms with Crippen LogP contribution in [0, 0.1) is 9.89 Å². The predicted molar refractivity (Wildman–Crippen MR) is 106 cm³/mol. The van der Waals surface area contributed by atoms with Crippen LogP contribution in [0.2, 0.25) is 4.47 Å². The molecule has 2 heteroatoms. The molecule has 0 aliphatic carbocycles. The average molecular weight is 442 g/mol. The van der Waals surface area contributed by atoms with Gasteiger partial charge >= 0.3 is 160 Å². The van der Waals surface area contributed by atoms with E-state index in [0.717, 1.165) is 26.1 Å². The summed E-state index contributed by atoms with van der Waals surface area (Å²) in [6.07, 6.45) is 13.4. The third-order valence-electron chi connectivity index (χ3n) is 3.95. The fourth-order valence-corrected chi connectivity index (χ4v) is 4.36. The van der Waals surface area contributed by atoms with Crippen molar-refractivity contribution in [1.29, 1.82) is 0 Å². The summed E-state index contributed by atoms with van der Waals surface area (Å²) in [4.78, 5) is 0. The third-order valence-corrected chi connectivity index (χ3v) is 6.18. The molecule has 0 amide bonds. The quantitative estimate of drug-likeness (QED) is 0.189. The molecule has 134 valence electrons. The van der Waals surface area contributed by atoms with Crippen molar-refractivity contribution in [2.24, 2.45) is 0 Å². The van der Waals surface area contributed by atoms with Gasteiger partial charge in [0.1, 0.15) is 0 Å². The van der Waals surface area contributed by atoms with Crippen LogP contribution in [0.4, 0.5) is 0 Å². The Balaban J connectivity index is 1.79. The predicted octanol–water partition coefficient (Wildman–Crippen LogP) is 6.21. The first-order valence-electron chi connectivity index (χ1n) is 9.65. The van der Waals surface area contributed by atoms with Crippen molar-refractivity contribution in [1.82, 2.24) is 0 Å². The molecule has 0 radical (unpaired) electrons. The monoisotopic (exact) mass is 444 g/mol. The van der Waals surface area contributed by atoms with Crippen molar-refractivity contribution in [2.45, 2.75) is 82.2 Å². The van der Waals surface area contributed by atoms with Gasteiger partial charge in [-0.25, -0.2) is 0 Å². The summed E-state index contributed by atoms with van der Waals surface area (Å²) in [6.45, 7) is 3.83. The number of rotatable bonds is 14. The van der Waals surface area contributed by atoms with Crippen LogP contribution in [0.1, 0.15) is 76.7 Å². The molecule has 0 bridgehead atoms. The van der Waals surface area contributed by atoms with Gasteiger partial charge in [0.25, 0.3) is 0 Å². The van der Waals surface area contributed by atoms with E-state index in [2.05, 4.69) is 41.1 Å². The summed E-state index contributed by atoms with van der Waals surface area (Å²) in [5, 5.41) is 0. The van der Waals surface area contributed by atoms with E-state index in [1.54, 1.807) is 0 Å². The Bertz CT molecular complexity index is 432. The van der Waals surface area contributed by atoms with Crippen LogP contribution in [0.15, 0.2) is 30.3 Å². The molecule has 1 nitrogen and oxygen atoms in total. The first-order chi connectivity index (χ1) is 11.9. The van der Waals surface area contributed by atoms with E-state index < -0.39 is 0 Å². The van der Waals surface area contributed by atoms with Gasteiger partial charge < -0.3 is 0 Å². The Hall–Kier alpha value is -0.470. The zero-order chi connectivity index (χ0) is 17.1. The Morgan fingerprint density at radius 3 is 2.33 bits per heavy atom. The van der Waals surface area contributed by atoms with E-state index in [9.17, 15) is 0 Å². The van der Waals surface area contributed by atoms with Gasteiger partial charge in [0.2, 0.25) is 0 Å². The first kappa shape index (κ1) is 21.6. The van der Waals surface area contributed by atoms with Crippen molar-refractivity contribution in [3.05, 3.63) is 35.9 Å². The van der Waals surface area contributed by atoms with Gasteiger partial charge in [0, 0.05) is 0 Å². The number of benzene rings is 1. The SMILES string of the molecule is CCCCCCCCCC[Te]C#CCCCOCc1ccccc1. The molecule has 0 saturated carbocycles. The van der Waals surface area contributed by atoms with Crippen LogP contribution >= 0.6 is 0 Å². The van der Waals surface area contributed by atoms with E-state index in [1.807, 2.05) is 6.07 Å². The fraction of sp³-hybridized carbons (Fsp3) is 0.636. The van der Waals surface area contributed by atoms with Gasteiger partial charge in [-0.1, -0.05) is 0 Å². The van der Waals surface area contributed by atoms with Gasteiger partial charge in [-0.2, -0.15) is 0 Å². The second-order valence-electron chi connectivity index (χ2n) is 6.24. The molecule has 0 unspecified atom stereocenters. The topological polar surface area (TPSA) is 9.23 Å². The summed E-state index contributed by atoms with van der Waals surface area (Å²) < 4.78 is 10.5. The van der Waals surface area contributed by atoms with Crippen LogP contribution in [-0.4, -0.2) is 27.5 Å². The molecule has 0 aromatic heterocycles. The number of unbranched alkanes of at least 4 members (excludes halogenated alkanes) is 8. The molecule has 0 heterocycles. The molecular weight excluding hydrogens is 408 g/mol. The number of ether oxygens (including phenoxy) is 1. The minimum atomic E-state index is -0.0433. The maximum absolute atomic E-state index is 5.67. The molecule has 1 aromatic rings. The minimum absolute atomic E-state index is 0.0433. The molecule has 0 N–H and O–H groups in total. The van der Waals surface area contributed by atoms with Crippen molar-refractivity contribution < 1.29 is 4.74 Å². The zero-order valence-corrected chi connectivity index (χ0v) is 17.7. The molecule has 0 fully saturated rings. The van der Waals surface area contributed by atoms with Gasteiger partial charge in [-0.05, 0) is 0 Å². The maximum atomic E-state index is 5.67. The van der Waals surface area contributed by atoms with Gasteiger partial charge in [0.15, 0.2) is 0 Å². The van der Waals surface area contributed by atoms with Crippen molar-refractivity contribution in [3.8, 4) is 9.89 Å². The Morgan fingerprint density at radius 1 is 0.875 bits per heavy atom. The molecule has 1 aromatic carbocycles. The van der Waals surface area contributed by atoms with Crippen LogP contribution in [-0.2, 0) is 11.3 Å². The molecule has 0 aliphatic heterocycles. The number of hydrogen-bond acceptors (Lipinski definition) is 1. The molecule has 0 aliphatic rings. The van der Waals surface area contributed by atoms with Crippen LogP contribution in [0.3, 0.4) is 0 Å². The third kappa shape index (κ3) is 13.9. The van der Waals surface area contributed by atoms with Crippen LogP contribution < -0.4 is 0 Å². The Morgan fingerprint density at radius 2 is 1.58 bits per heavy atom. The zero-order valence-electron chi connectivity index (χ0n) is 15.4. The van der Waals surface area contributed by atoms with Crippen LogP contribution in [0.25, 0.3) is 0 Å². The summed E-state index contributed by atoms with van der Waals surface area (Å²) in [5.41, 5.74) is 1.25. The van der Waals surface area contributed by atoms with E-state index in [-0.39, 0.29) is 20.9 Å². The molecule has 0 atom stereocenters. The second kappa shape index (κ2) is 17.4. The van der Waals surface area contributed by atoms with E-state index >= 15 is 0 Å². The van der Waals surface area contributed by atoms with Crippen molar-refractivity contribution in [3.63, 3.8) is 0 Å². The summed E-state index contributed by atoms with van der Waals surface area (Å²) in [7, 11) is 0. The number of hydrogen-bond donors (Lipinski definition) is 0. The van der Waals surface area contributed by atoms with E-state index in [4.69, 9.17) is 4.74 Å². The Kier molecular flexibility index (Phi) is 15.6.